The molecule has 2 N–H and O–H groups in total. The normalized spacial score (nSPS) is 29.8. The summed E-state index contributed by atoms with van der Waals surface area (Å²) in [5, 5.41) is 0. The second-order valence-electron chi connectivity index (χ2n) is 4.41. The van der Waals surface area contributed by atoms with Gasteiger partial charge in [-0.2, -0.15) is 0 Å². The molecule has 2 saturated heterocycles. The predicted molar refractivity (Wildman–Crippen MR) is 58.8 cm³/mol. The molecular weight excluding hydrogens is 192 g/mol. The zero-order valence-electron chi connectivity index (χ0n) is 9.36. The Labute approximate surface area is 91.7 Å². The first-order valence-corrected chi connectivity index (χ1v) is 6.03. The van der Waals surface area contributed by atoms with Crippen LogP contribution < -0.4 is 5.73 Å². The van der Waals surface area contributed by atoms with Crippen molar-refractivity contribution in [2.24, 2.45) is 5.73 Å². The van der Waals surface area contributed by atoms with Crippen molar-refractivity contribution in [3.8, 4) is 0 Å². The fourth-order valence-electron chi connectivity index (χ4n) is 2.45. The van der Waals surface area contributed by atoms with E-state index in [1.54, 1.807) is 0 Å². The van der Waals surface area contributed by atoms with Gasteiger partial charge in [-0.1, -0.05) is 0 Å². The predicted octanol–water partition coefficient (Wildman–Crippen LogP) is 0.215. The van der Waals surface area contributed by atoms with Gasteiger partial charge in [0.25, 0.3) is 0 Å². The van der Waals surface area contributed by atoms with Gasteiger partial charge in [0.2, 0.25) is 0 Å². The highest BCUT2D eigenvalue weighted by atomic mass is 16.5. The van der Waals surface area contributed by atoms with Crippen molar-refractivity contribution >= 4 is 0 Å². The Morgan fingerprint density at radius 2 is 2.07 bits per heavy atom. The van der Waals surface area contributed by atoms with Crippen LogP contribution in [0.1, 0.15) is 19.3 Å². The smallest absolute Gasteiger partial charge is 0.0622 e. The first kappa shape index (κ1) is 11.3. The van der Waals surface area contributed by atoms with Crippen LogP contribution in [0.3, 0.4) is 0 Å². The third-order valence-corrected chi connectivity index (χ3v) is 3.37. The van der Waals surface area contributed by atoms with Crippen LogP contribution in [0.5, 0.6) is 0 Å². The van der Waals surface area contributed by atoms with Crippen molar-refractivity contribution in [1.82, 2.24) is 4.90 Å². The molecule has 15 heavy (non-hydrogen) atoms. The lowest BCUT2D eigenvalue weighted by molar-refractivity contribution is 0.000477. The highest BCUT2D eigenvalue weighted by Crippen LogP contribution is 2.19. The number of nitrogens with zero attached hydrogens (tertiary/aromatic N) is 1. The Hall–Kier alpha value is -0.160. The van der Waals surface area contributed by atoms with E-state index < -0.39 is 0 Å². The van der Waals surface area contributed by atoms with Crippen LogP contribution in [-0.4, -0.2) is 56.5 Å². The van der Waals surface area contributed by atoms with Gasteiger partial charge in [-0.25, -0.2) is 0 Å². The third kappa shape index (κ3) is 3.14. The summed E-state index contributed by atoms with van der Waals surface area (Å²) in [6, 6.07) is 0.667. The second kappa shape index (κ2) is 5.80. The molecule has 2 aliphatic rings. The number of ether oxygens (including phenoxy) is 2. The first-order valence-electron chi connectivity index (χ1n) is 6.03. The Kier molecular flexibility index (Phi) is 4.38. The van der Waals surface area contributed by atoms with E-state index in [1.165, 1.54) is 6.42 Å². The number of piperidine rings is 1. The molecule has 0 aromatic rings. The van der Waals surface area contributed by atoms with Gasteiger partial charge < -0.3 is 15.2 Å². The summed E-state index contributed by atoms with van der Waals surface area (Å²) in [6.45, 7) is 5.52. The molecule has 0 saturated carbocycles. The average Bonchev–Trinajstić information content (AvgIpc) is 2.80. The Morgan fingerprint density at radius 3 is 2.67 bits per heavy atom. The van der Waals surface area contributed by atoms with E-state index in [4.69, 9.17) is 15.2 Å². The molecule has 2 rings (SSSR count). The van der Waals surface area contributed by atoms with E-state index in [1.807, 2.05) is 0 Å². The third-order valence-electron chi connectivity index (χ3n) is 3.37. The summed E-state index contributed by atoms with van der Waals surface area (Å²) in [5.41, 5.74) is 5.42. The Bertz CT molecular complexity index is 175. The van der Waals surface area contributed by atoms with E-state index in [9.17, 15) is 0 Å². The van der Waals surface area contributed by atoms with Gasteiger partial charge in [0, 0.05) is 32.3 Å². The standard InChI is InChI=1S/C11H22N2O2/c12-4-8-15-11-1-5-13(6-2-11)10-3-7-14-9-10/h10-11H,1-9,12H2. The fourth-order valence-corrected chi connectivity index (χ4v) is 2.45. The van der Waals surface area contributed by atoms with Crippen molar-refractivity contribution in [2.45, 2.75) is 31.4 Å². The quantitative estimate of drug-likeness (QED) is 0.727. The van der Waals surface area contributed by atoms with Crippen LogP contribution in [0, 0.1) is 0 Å². The van der Waals surface area contributed by atoms with Crippen LogP contribution in [0.4, 0.5) is 0 Å². The monoisotopic (exact) mass is 214 g/mol. The number of likely N-dealkylation sites (tertiary alicyclic amines) is 1. The van der Waals surface area contributed by atoms with Crippen molar-refractivity contribution in [2.75, 3.05) is 39.5 Å². The van der Waals surface area contributed by atoms with Gasteiger partial charge in [0.05, 0.1) is 19.3 Å². The minimum Gasteiger partial charge on any atom is -0.380 e. The maximum absolute atomic E-state index is 5.66. The molecule has 0 aromatic carbocycles. The van der Waals surface area contributed by atoms with E-state index in [-0.39, 0.29) is 0 Å². The zero-order chi connectivity index (χ0) is 10.5. The SMILES string of the molecule is NCCOC1CCN(C2CCOC2)CC1. The molecule has 1 unspecified atom stereocenters. The molecule has 4 heteroatoms. The molecular formula is C11H22N2O2. The molecule has 0 amide bonds. The molecule has 88 valence electrons. The number of nitrogens with two attached hydrogens (primary N) is 1. The number of rotatable bonds is 4. The van der Waals surface area contributed by atoms with Crippen LogP contribution in [0.25, 0.3) is 0 Å². The van der Waals surface area contributed by atoms with Crippen molar-refractivity contribution in [3.63, 3.8) is 0 Å². The highest BCUT2D eigenvalue weighted by Gasteiger charge is 2.27. The maximum atomic E-state index is 5.66. The summed E-state index contributed by atoms with van der Waals surface area (Å²) in [6.07, 6.45) is 3.94. The van der Waals surface area contributed by atoms with Crippen molar-refractivity contribution < 1.29 is 9.47 Å². The topological polar surface area (TPSA) is 47.7 Å². The summed E-state index contributed by atoms with van der Waals surface area (Å²) < 4.78 is 11.1. The van der Waals surface area contributed by atoms with Crippen LogP contribution in [0.2, 0.25) is 0 Å². The fraction of sp³-hybridized carbons (Fsp3) is 1.00. The molecule has 4 nitrogen and oxygen atoms in total. The maximum Gasteiger partial charge on any atom is 0.0622 e. The number of hydrogen-bond donors (Lipinski definition) is 1. The van der Waals surface area contributed by atoms with Gasteiger partial charge in [0.15, 0.2) is 0 Å². The highest BCUT2D eigenvalue weighted by molar-refractivity contribution is 4.81. The van der Waals surface area contributed by atoms with Gasteiger partial charge in [-0.3, -0.25) is 4.90 Å². The average molecular weight is 214 g/mol. The molecule has 0 aromatic heterocycles. The molecule has 2 aliphatic heterocycles. The lowest BCUT2D eigenvalue weighted by Crippen LogP contribution is -2.43. The summed E-state index contributed by atoms with van der Waals surface area (Å²) in [7, 11) is 0. The molecule has 0 radical (unpaired) electrons. The molecule has 1 atom stereocenters. The Balaban J connectivity index is 1.67. The van der Waals surface area contributed by atoms with E-state index >= 15 is 0 Å². The molecule has 0 bridgehead atoms. The lowest BCUT2D eigenvalue weighted by atomic mass is 10.1. The summed E-state index contributed by atoms with van der Waals surface area (Å²) >= 11 is 0. The van der Waals surface area contributed by atoms with Gasteiger partial charge in [0.1, 0.15) is 0 Å². The summed E-state index contributed by atoms with van der Waals surface area (Å²) in [5.74, 6) is 0. The largest absolute Gasteiger partial charge is 0.380 e. The van der Waals surface area contributed by atoms with Crippen molar-refractivity contribution in [1.29, 1.82) is 0 Å². The first-order chi connectivity index (χ1) is 7.40. The second-order valence-corrected chi connectivity index (χ2v) is 4.41. The van der Waals surface area contributed by atoms with Crippen LogP contribution in [-0.2, 0) is 9.47 Å². The van der Waals surface area contributed by atoms with E-state index in [2.05, 4.69) is 4.90 Å². The molecule has 2 heterocycles. The Morgan fingerprint density at radius 1 is 1.27 bits per heavy atom. The van der Waals surface area contributed by atoms with E-state index in [0.29, 0.717) is 25.3 Å². The molecule has 0 aliphatic carbocycles. The van der Waals surface area contributed by atoms with Gasteiger partial charge in [-0.15, -0.1) is 0 Å². The van der Waals surface area contributed by atoms with Crippen molar-refractivity contribution in [3.05, 3.63) is 0 Å². The van der Waals surface area contributed by atoms with Crippen LogP contribution in [0.15, 0.2) is 0 Å². The van der Waals surface area contributed by atoms with Gasteiger partial charge in [-0.05, 0) is 19.3 Å². The molecule has 0 spiro atoms. The van der Waals surface area contributed by atoms with Crippen LogP contribution >= 0.6 is 0 Å². The lowest BCUT2D eigenvalue weighted by Gasteiger charge is -2.35. The zero-order valence-corrected chi connectivity index (χ0v) is 9.36. The van der Waals surface area contributed by atoms with E-state index in [0.717, 1.165) is 39.1 Å². The van der Waals surface area contributed by atoms with Gasteiger partial charge >= 0.3 is 0 Å². The summed E-state index contributed by atoms with van der Waals surface area (Å²) in [4.78, 5) is 2.55. The minimum absolute atomic E-state index is 0.437. The molecule has 2 fully saturated rings. The number of hydrogen-bond acceptors (Lipinski definition) is 4. The minimum atomic E-state index is 0.437.